The van der Waals surface area contributed by atoms with Crippen LogP contribution in [-0.4, -0.2) is 50.2 Å². The average Bonchev–Trinajstić information content (AvgIpc) is 2.33. The Balaban J connectivity index is 2.45. The van der Waals surface area contributed by atoms with E-state index in [9.17, 15) is 4.79 Å². The Labute approximate surface area is 85.6 Å². The molecule has 14 heavy (non-hydrogen) atoms. The fraction of sp³-hybridized carbons (Fsp3) is 0.900. The normalized spacial score (nSPS) is 29.6. The summed E-state index contributed by atoms with van der Waals surface area (Å²) in [6, 6.07) is 0.812. The fourth-order valence-corrected chi connectivity index (χ4v) is 1.68. The predicted molar refractivity (Wildman–Crippen MR) is 55.1 cm³/mol. The molecule has 1 N–H and O–H groups in total. The van der Waals surface area contributed by atoms with E-state index in [1.54, 1.807) is 0 Å². The lowest BCUT2D eigenvalue weighted by atomic mass is 10.2. The highest BCUT2D eigenvalue weighted by molar-refractivity contribution is 5.69. The van der Waals surface area contributed by atoms with Crippen molar-refractivity contribution in [2.75, 3.05) is 27.2 Å². The first-order chi connectivity index (χ1) is 6.63. The zero-order valence-corrected chi connectivity index (χ0v) is 9.25. The molecule has 1 saturated heterocycles. The topological polar surface area (TPSA) is 41.6 Å². The monoisotopic (exact) mass is 200 g/mol. The van der Waals surface area contributed by atoms with Crippen molar-refractivity contribution in [1.29, 1.82) is 0 Å². The summed E-state index contributed by atoms with van der Waals surface area (Å²) in [5.41, 5.74) is 0. The molecule has 0 radical (unpaired) electrons. The Morgan fingerprint density at radius 3 is 3.00 bits per heavy atom. The van der Waals surface area contributed by atoms with Crippen molar-refractivity contribution in [3.8, 4) is 0 Å². The molecule has 1 rings (SSSR count). The van der Waals surface area contributed by atoms with Gasteiger partial charge in [0.25, 0.3) is 0 Å². The molecular formula is C10H20N2O2. The summed E-state index contributed by atoms with van der Waals surface area (Å²) in [7, 11) is 3.50. The zero-order valence-electron chi connectivity index (χ0n) is 9.25. The minimum atomic E-state index is -0.127. The van der Waals surface area contributed by atoms with Crippen molar-refractivity contribution in [2.24, 2.45) is 0 Å². The van der Waals surface area contributed by atoms with Crippen LogP contribution in [0.4, 0.5) is 0 Å². The summed E-state index contributed by atoms with van der Waals surface area (Å²) in [5, 5.41) is 3.40. The summed E-state index contributed by atoms with van der Waals surface area (Å²) < 4.78 is 4.68. The van der Waals surface area contributed by atoms with Crippen molar-refractivity contribution >= 4 is 5.97 Å². The van der Waals surface area contributed by atoms with Crippen molar-refractivity contribution in [3.05, 3.63) is 0 Å². The number of rotatable bonds is 2. The number of esters is 1. The molecule has 0 bridgehead atoms. The van der Waals surface area contributed by atoms with Crippen LogP contribution in [0, 0.1) is 0 Å². The summed E-state index contributed by atoms with van der Waals surface area (Å²) >= 11 is 0. The maximum atomic E-state index is 11.1. The number of nitrogens with zero attached hydrogens (tertiary/aromatic N) is 1. The molecule has 1 aliphatic heterocycles. The predicted octanol–water partition coefficient (Wildman–Crippen LogP) is 0.232. The van der Waals surface area contributed by atoms with Crippen molar-refractivity contribution in [2.45, 2.75) is 31.8 Å². The van der Waals surface area contributed by atoms with Crippen LogP contribution in [0.25, 0.3) is 0 Å². The second-order valence-corrected chi connectivity index (χ2v) is 4.01. The largest absolute Gasteiger partial charge is 0.469 e. The third kappa shape index (κ3) is 3.27. The van der Waals surface area contributed by atoms with Gasteiger partial charge in [0, 0.05) is 18.6 Å². The lowest BCUT2D eigenvalue weighted by Gasteiger charge is -2.24. The van der Waals surface area contributed by atoms with Crippen LogP contribution in [0.15, 0.2) is 0 Å². The Bertz CT molecular complexity index is 197. The van der Waals surface area contributed by atoms with E-state index in [4.69, 9.17) is 0 Å². The van der Waals surface area contributed by atoms with Gasteiger partial charge in [-0.25, -0.2) is 0 Å². The van der Waals surface area contributed by atoms with Crippen LogP contribution < -0.4 is 5.32 Å². The lowest BCUT2D eigenvalue weighted by molar-refractivity contribution is -0.141. The molecule has 4 nitrogen and oxygen atoms in total. The number of carbonyl (C=O) groups excluding carboxylic acids is 1. The van der Waals surface area contributed by atoms with Gasteiger partial charge in [0.1, 0.15) is 0 Å². The second-order valence-electron chi connectivity index (χ2n) is 4.01. The van der Waals surface area contributed by atoms with Gasteiger partial charge in [-0.15, -0.1) is 0 Å². The molecule has 82 valence electrons. The van der Waals surface area contributed by atoms with E-state index >= 15 is 0 Å². The standard InChI is InChI=1S/C10H20N2O2/c1-8-4-5-12(2)9(7-11-8)6-10(13)14-3/h8-9,11H,4-7H2,1-3H3. The van der Waals surface area contributed by atoms with Gasteiger partial charge >= 0.3 is 5.97 Å². The number of hydrogen-bond acceptors (Lipinski definition) is 4. The van der Waals surface area contributed by atoms with Crippen molar-refractivity contribution < 1.29 is 9.53 Å². The van der Waals surface area contributed by atoms with Gasteiger partial charge in [-0.1, -0.05) is 0 Å². The highest BCUT2D eigenvalue weighted by Gasteiger charge is 2.22. The summed E-state index contributed by atoms with van der Waals surface area (Å²) in [6.45, 7) is 4.08. The minimum absolute atomic E-state index is 0.127. The highest BCUT2D eigenvalue weighted by Crippen LogP contribution is 2.08. The van der Waals surface area contributed by atoms with Crippen LogP contribution >= 0.6 is 0 Å². The van der Waals surface area contributed by atoms with Crippen molar-refractivity contribution in [3.63, 3.8) is 0 Å². The fourth-order valence-electron chi connectivity index (χ4n) is 1.68. The van der Waals surface area contributed by atoms with E-state index in [1.165, 1.54) is 7.11 Å². The molecule has 0 saturated carbocycles. The van der Waals surface area contributed by atoms with Gasteiger partial charge in [0.15, 0.2) is 0 Å². The molecule has 2 atom stereocenters. The van der Waals surface area contributed by atoms with E-state index in [0.717, 1.165) is 19.5 Å². The Hall–Kier alpha value is -0.610. The summed E-state index contributed by atoms with van der Waals surface area (Å²) in [6.07, 6.45) is 1.61. The number of nitrogens with one attached hydrogen (secondary N) is 1. The summed E-state index contributed by atoms with van der Waals surface area (Å²) in [4.78, 5) is 13.4. The van der Waals surface area contributed by atoms with Gasteiger partial charge in [-0.3, -0.25) is 4.79 Å². The Morgan fingerprint density at radius 1 is 1.64 bits per heavy atom. The third-order valence-electron chi connectivity index (χ3n) is 2.87. The van der Waals surface area contributed by atoms with Gasteiger partial charge in [0.2, 0.25) is 0 Å². The molecule has 0 aromatic heterocycles. The zero-order chi connectivity index (χ0) is 10.6. The molecule has 1 heterocycles. The number of likely N-dealkylation sites (N-methyl/N-ethyl adjacent to an activating group) is 1. The van der Waals surface area contributed by atoms with Crippen LogP contribution in [0.5, 0.6) is 0 Å². The van der Waals surface area contributed by atoms with E-state index in [-0.39, 0.29) is 12.0 Å². The second kappa shape index (κ2) is 5.32. The molecule has 0 aromatic carbocycles. The van der Waals surface area contributed by atoms with E-state index in [2.05, 4.69) is 28.9 Å². The van der Waals surface area contributed by atoms with Gasteiger partial charge in [-0.05, 0) is 26.9 Å². The maximum absolute atomic E-state index is 11.1. The molecule has 2 unspecified atom stereocenters. The molecule has 0 amide bonds. The lowest BCUT2D eigenvalue weighted by Crippen LogP contribution is -2.39. The van der Waals surface area contributed by atoms with Gasteiger partial charge in [-0.2, -0.15) is 0 Å². The first kappa shape index (κ1) is 11.5. The van der Waals surface area contributed by atoms with Crippen LogP contribution in [-0.2, 0) is 9.53 Å². The third-order valence-corrected chi connectivity index (χ3v) is 2.87. The number of methoxy groups -OCH3 is 1. The summed E-state index contributed by atoms with van der Waals surface area (Å²) in [5.74, 6) is -0.127. The minimum Gasteiger partial charge on any atom is -0.469 e. The van der Waals surface area contributed by atoms with E-state index in [1.807, 2.05) is 0 Å². The quantitative estimate of drug-likeness (QED) is 0.648. The van der Waals surface area contributed by atoms with E-state index < -0.39 is 0 Å². The first-order valence-electron chi connectivity index (χ1n) is 5.14. The molecule has 1 aliphatic rings. The Morgan fingerprint density at radius 2 is 2.36 bits per heavy atom. The smallest absolute Gasteiger partial charge is 0.307 e. The first-order valence-corrected chi connectivity index (χ1v) is 5.14. The molecule has 1 fully saturated rings. The number of hydrogen-bond donors (Lipinski definition) is 1. The molecular weight excluding hydrogens is 180 g/mol. The average molecular weight is 200 g/mol. The van der Waals surface area contributed by atoms with Gasteiger partial charge < -0.3 is 15.0 Å². The van der Waals surface area contributed by atoms with Crippen LogP contribution in [0.3, 0.4) is 0 Å². The number of carbonyl (C=O) groups is 1. The van der Waals surface area contributed by atoms with Gasteiger partial charge in [0.05, 0.1) is 13.5 Å². The number of ether oxygens (including phenoxy) is 1. The maximum Gasteiger partial charge on any atom is 0.307 e. The molecule has 0 spiro atoms. The van der Waals surface area contributed by atoms with E-state index in [0.29, 0.717) is 12.5 Å². The molecule has 4 heteroatoms. The highest BCUT2D eigenvalue weighted by atomic mass is 16.5. The molecule has 0 aromatic rings. The van der Waals surface area contributed by atoms with Crippen LogP contribution in [0.2, 0.25) is 0 Å². The Kier molecular flexibility index (Phi) is 4.35. The SMILES string of the molecule is COC(=O)CC1CNC(C)CCN1C. The van der Waals surface area contributed by atoms with Crippen LogP contribution in [0.1, 0.15) is 19.8 Å². The molecule has 0 aliphatic carbocycles. The van der Waals surface area contributed by atoms with Crippen molar-refractivity contribution in [1.82, 2.24) is 10.2 Å².